The molecule has 1 heterocycles. The van der Waals surface area contributed by atoms with Gasteiger partial charge in [0.05, 0.1) is 5.75 Å². The molecule has 1 aromatic carbocycles. The molecule has 2 aromatic rings. The van der Waals surface area contributed by atoms with E-state index in [1.807, 2.05) is 6.92 Å². The summed E-state index contributed by atoms with van der Waals surface area (Å²) >= 11 is 1.38. The number of aryl methyl sites for hydroxylation is 1. The number of hydrogen-bond acceptors (Lipinski definition) is 4. The van der Waals surface area contributed by atoms with Crippen LogP contribution < -0.4 is 5.32 Å². The number of hydrogen-bond donors (Lipinski definition) is 1. The zero-order valence-electron chi connectivity index (χ0n) is 13.7. The summed E-state index contributed by atoms with van der Waals surface area (Å²) in [4.78, 5) is 12.1. The Balaban J connectivity index is 1.61. The van der Waals surface area contributed by atoms with Gasteiger partial charge in [-0.15, -0.1) is 10.2 Å². The van der Waals surface area contributed by atoms with Gasteiger partial charge in [0.1, 0.15) is 11.6 Å². The van der Waals surface area contributed by atoms with Gasteiger partial charge >= 0.3 is 0 Å². The van der Waals surface area contributed by atoms with E-state index >= 15 is 0 Å². The maximum absolute atomic E-state index is 13.2. The highest BCUT2D eigenvalue weighted by molar-refractivity contribution is 7.99. The Bertz CT molecular complexity index is 712. The van der Waals surface area contributed by atoms with Crippen LogP contribution in [0.25, 0.3) is 0 Å². The van der Waals surface area contributed by atoms with Crippen LogP contribution in [0.3, 0.4) is 0 Å². The lowest BCUT2D eigenvalue weighted by Gasteiger charge is -2.24. The number of amides is 1. The van der Waals surface area contributed by atoms with E-state index in [0.717, 1.165) is 23.8 Å². The average molecular weight is 348 g/mol. The van der Waals surface area contributed by atoms with Gasteiger partial charge in [-0.3, -0.25) is 4.79 Å². The lowest BCUT2D eigenvalue weighted by atomic mass is 9.95. The average Bonchev–Trinajstić information content (AvgIpc) is 2.94. The van der Waals surface area contributed by atoms with Crippen LogP contribution in [0.1, 0.15) is 44.0 Å². The normalized spacial score (nSPS) is 15.4. The molecular weight excluding hydrogens is 327 g/mol. The molecule has 0 unspecified atom stereocenters. The van der Waals surface area contributed by atoms with E-state index < -0.39 is 0 Å². The van der Waals surface area contributed by atoms with Crippen molar-refractivity contribution < 1.29 is 9.18 Å². The fourth-order valence-corrected chi connectivity index (χ4v) is 3.95. The van der Waals surface area contributed by atoms with Crippen molar-refractivity contribution in [3.63, 3.8) is 0 Å². The van der Waals surface area contributed by atoms with E-state index in [2.05, 4.69) is 20.1 Å². The predicted octanol–water partition coefficient (Wildman–Crippen LogP) is 3.96. The third-order valence-corrected chi connectivity index (χ3v) is 5.16. The molecule has 1 saturated carbocycles. The summed E-state index contributed by atoms with van der Waals surface area (Å²) in [5, 5.41) is 11.9. The molecule has 5 nitrogen and oxygen atoms in total. The molecule has 128 valence electrons. The first-order valence-corrected chi connectivity index (χ1v) is 9.22. The van der Waals surface area contributed by atoms with E-state index in [1.165, 1.54) is 43.2 Å². The van der Waals surface area contributed by atoms with E-state index in [1.54, 1.807) is 12.1 Å². The van der Waals surface area contributed by atoms with Gasteiger partial charge in [0.2, 0.25) is 5.91 Å². The second kappa shape index (κ2) is 7.79. The number of halogens is 1. The summed E-state index contributed by atoms with van der Waals surface area (Å²) in [6, 6.07) is 6.32. The Morgan fingerprint density at radius 2 is 2.12 bits per heavy atom. The SMILES string of the molecule is Cc1nnc(SCC(=O)Nc2cccc(F)c2)n1C1CCCCC1. The molecule has 3 rings (SSSR count). The van der Waals surface area contributed by atoms with Crippen molar-refractivity contribution in [3.05, 3.63) is 35.9 Å². The molecule has 1 fully saturated rings. The smallest absolute Gasteiger partial charge is 0.234 e. The van der Waals surface area contributed by atoms with Crippen LogP contribution in [0, 0.1) is 12.7 Å². The molecule has 24 heavy (non-hydrogen) atoms. The second-order valence-electron chi connectivity index (χ2n) is 6.04. The molecule has 1 amide bonds. The van der Waals surface area contributed by atoms with Crippen LogP contribution in [0.15, 0.2) is 29.4 Å². The summed E-state index contributed by atoms with van der Waals surface area (Å²) in [5.74, 6) is 0.575. The minimum atomic E-state index is -0.367. The molecule has 0 radical (unpaired) electrons. The van der Waals surface area contributed by atoms with Gasteiger partial charge in [0.15, 0.2) is 5.16 Å². The topological polar surface area (TPSA) is 59.8 Å². The first-order chi connectivity index (χ1) is 11.6. The Kier molecular flexibility index (Phi) is 5.50. The standard InChI is InChI=1S/C17H21FN4OS/c1-12-20-21-17(22(12)15-8-3-2-4-9-15)24-11-16(23)19-14-7-5-6-13(18)10-14/h5-7,10,15H,2-4,8-9,11H2,1H3,(H,19,23). The fourth-order valence-electron chi connectivity index (χ4n) is 3.10. The van der Waals surface area contributed by atoms with E-state index in [4.69, 9.17) is 0 Å². The lowest BCUT2D eigenvalue weighted by molar-refractivity contribution is -0.113. The molecule has 0 aliphatic heterocycles. The molecular formula is C17H21FN4OS. The number of rotatable bonds is 5. The van der Waals surface area contributed by atoms with Crippen molar-refractivity contribution in [2.75, 3.05) is 11.1 Å². The Hall–Kier alpha value is -1.89. The van der Waals surface area contributed by atoms with Gasteiger partial charge in [-0.2, -0.15) is 0 Å². The highest BCUT2D eigenvalue weighted by Crippen LogP contribution is 2.32. The largest absolute Gasteiger partial charge is 0.325 e. The van der Waals surface area contributed by atoms with Crippen LogP contribution in [0.2, 0.25) is 0 Å². The molecule has 7 heteroatoms. The zero-order valence-corrected chi connectivity index (χ0v) is 14.5. The molecule has 0 spiro atoms. The third kappa shape index (κ3) is 4.14. The number of benzene rings is 1. The highest BCUT2D eigenvalue weighted by Gasteiger charge is 2.21. The van der Waals surface area contributed by atoms with Crippen LogP contribution in [0.5, 0.6) is 0 Å². The van der Waals surface area contributed by atoms with Crippen LogP contribution in [-0.4, -0.2) is 26.4 Å². The Labute approximate surface area is 145 Å². The predicted molar refractivity (Wildman–Crippen MR) is 92.6 cm³/mol. The summed E-state index contributed by atoms with van der Waals surface area (Å²) < 4.78 is 15.3. The van der Waals surface area contributed by atoms with Crippen molar-refractivity contribution in [3.8, 4) is 0 Å². The van der Waals surface area contributed by atoms with E-state index in [0.29, 0.717) is 11.7 Å². The third-order valence-electron chi connectivity index (χ3n) is 4.22. The number of nitrogens with zero attached hydrogens (tertiary/aromatic N) is 3. The molecule has 0 saturated heterocycles. The molecule has 1 aliphatic rings. The maximum Gasteiger partial charge on any atom is 0.234 e. The summed E-state index contributed by atoms with van der Waals surface area (Å²) in [5.41, 5.74) is 0.463. The summed E-state index contributed by atoms with van der Waals surface area (Å²) in [7, 11) is 0. The molecule has 1 N–H and O–H groups in total. The van der Waals surface area contributed by atoms with Gasteiger partial charge < -0.3 is 9.88 Å². The number of nitrogens with one attached hydrogen (secondary N) is 1. The molecule has 0 bridgehead atoms. The van der Waals surface area contributed by atoms with E-state index in [9.17, 15) is 9.18 Å². The zero-order chi connectivity index (χ0) is 16.9. The molecule has 1 aliphatic carbocycles. The maximum atomic E-state index is 13.2. The van der Waals surface area contributed by atoms with Gasteiger partial charge in [-0.1, -0.05) is 37.1 Å². The minimum absolute atomic E-state index is 0.179. The number of aromatic nitrogens is 3. The van der Waals surface area contributed by atoms with Crippen LogP contribution in [-0.2, 0) is 4.79 Å². The number of thioether (sulfide) groups is 1. The summed E-state index contributed by atoms with van der Waals surface area (Å²) in [6.07, 6.45) is 6.03. The summed E-state index contributed by atoms with van der Waals surface area (Å²) in [6.45, 7) is 1.96. The highest BCUT2D eigenvalue weighted by atomic mass is 32.2. The molecule has 1 aromatic heterocycles. The minimum Gasteiger partial charge on any atom is -0.325 e. The number of carbonyl (C=O) groups excluding carboxylic acids is 1. The van der Waals surface area contributed by atoms with Crippen molar-refractivity contribution in [1.29, 1.82) is 0 Å². The first kappa shape index (κ1) is 17.0. The Morgan fingerprint density at radius 1 is 1.33 bits per heavy atom. The van der Waals surface area contributed by atoms with Crippen molar-refractivity contribution in [2.45, 2.75) is 50.2 Å². The quantitative estimate of drug-likeness (QED) is 0.831. The van der Waals surface area contributed by atoms with Crippen LogP contribution in [0.4, 0.5) is 10.1 Å². The Morgan fingerprint density at radius 3 is 2.88 bits per heavy atom. The van der Waals surface area contributed by atoms with Crippen molar-refractivity contribution in [2.24, 2.45) is 0 Å². The second-order valence-corrected chi connectivity index (χ2v) is 6.98. The number of carbonyl (C=O) groups is 1. The number of anilines is 1. The van der Waals surface area contributed by atoms with Gasteiger partial charge in [0, 0.05) is 11.7 Å². The van der Waals surface area contributed by atoms with Gasteiger partial charge in [-0.05, 0) is 38.0 Å². The van der Waals surface area contributed by atoms with E-state index in [-0.39, 0.29) is 17.5 Å². The monoisotopic (exact) mass is 348 g/mol. The fraction of sp³-hybridized carbons (Fsp3) is 0.471. The van der Waals surface area contributed by atoms with Crippen molar-refractivity contribution >= 4 is 23.4 Å². The first-order valence-electron chi connectivity index (χ1n) is 8.23. The lowest BCUT2D eigenvalue weighted by Crippen LogP contribution is -2.17. The van der Waals surface area contributed by atoms with Crippen molar-refractivity contribution in [1.82, 2.24) is 14.8 Å². The van der Waals surface area contributed by atoms with Gasteiger partial charge in [0.25, 0.3) is 0 Å². The van der Waals surface area contributed by atoms with Crippen LogP contribution >= 0.6 is 11.8 Å². The molecule has 0 atom stereocenters. The van der Waals surface area contributed by atoms with Gasteiger partial charge in [-0.25, -0.2) is 4.39 Å².